The number of aliphatic hydroxyl groups excluding tert-OH is 3. The first-order valence-electron chi connectivity index (χ1n) is 3.97. The van der Waals surface area contributed by atoms with Crippen LogP contribution in [0, 0.1) is 0 Å². The van der Waals surface area contributed by atoms with Crippen LogP contribution in [0.4, 0.5) is 5.69 Å². The summed E-state index contributed by atoms with van der Waals surface area (Å²) in [7, 11) is 0. The zero-order chi connectivity index (χ0) is 9.84. The smallest absolute Gasteiger partial charge is 0.107 e. The number of anilines is 1. The second kappa shape index (κ2) is 4.23. The van der Waals surface area contributed by atoms with Crippen LogP contribution in [0.1, 0.15) is 11.7 Å². The summed E-state index contributed by atoms with van der Waals surface area (Å²) in [5.74, 6) is 0. The first-order chi connectivity index (χ1) is 6.15. The van der Waals surface area contributed by atoms with Crippen molar-refractivity contribution in [3.63, 3.8) is 0 Å². The molecule has 4 heteroatoms. The summed E-state index contributed by atoms with van der Waals surface area (Å²) in [6.45, 7) is -0.467. The first kappa shape index (κ1) is 9.98. The Balaban J connectivity index is 2.77. The van der Waals surface area contributed by atoms with Gasteiger partial charge in [0.25, 0.3) is 0 Å². The Kier molecular flexibility index (Phi) is 3.25. The van der Waals surface area contributed by atoms with Gasteiger partial charge in [0.1, 0.15) is 12.2 Å². The summed E-state index contributed by atoms with van der Waals surface area (Å²) < 4.78 is 0. The van der Waals surface area contributed by atoms with Gasteiger partial charge in [0.05, 0.1) is 6.61 Å². The number of hydrogen-bond donors (Lipinski definition) is 4. The third kappa shape index (κ3) is 2.42. The second-order valence-corrected chi connectivity index (χ2v) is 2.86. The lowest BCUT2D eigenvalue weighted by molar-refractivity contribution is -0.0152. The molecule has 0 aliphatic heterocycles. The van der Waals surface area contributed by atoms with E-state index in [0.717, 1.165) is 0 Å². The molecule has 1 aromatic rings. The Bertz CT molecular complexity index is 260. The summed E-state index contributed by atoms with van der Waals surface area (Å²) >= 11 is 0. The normalized spacial score (nSPS) is 15.3. The highest BCUT2D eigenvalue weighted by molar-refractivity contribution is 5.39. The Morgan fingerprint density at radius 2 is 1.69 bits per heavy atom. The van der Waals surface area contributed by atoms with Crippen molar-refractivity contribution in [1.29, 1.82) is 0 Å². The number of hydrogen-bond acceptors (Lipinski definition) is 4. The molecule has 5 N–H and O–H groups in total. The van der Waals surface area contributed by atoms with Gasteiger partial charge in [-0.15, -0.1) is 0 Å². The number of rotatable bonds is 3. The van der Waals surface area contributed by atoms with Crippen molar-refractivity contribution in [1.82, 2.24) is 0 Å². The van der Waals surface area contributed by atoms with E-state index in [2.05, 4.69) is 0 Å². The molecule has 0 radical (unpaired) electrons. The average molecular weight is 183 g/mol. The summed E-state index contributed by atoms with van der Waals surface area (Å²) in [5, 5.41) is 27.1. The maximum Gasteiger partial charge on any atom is 0.107 e. The number of benzene rings is 1. The zero-order valence-corrected chi connectivity index (χ0v) is 7.09. The van der Waals surface area contributed by atoms with E-state index < -0.39 is 18.8 Å². The topological polar surface area (TPSA) is 86.7 Å². The lowest BCUT2D eigenvalue weighted by atomic mass is 10.0. The molecule has 0 saturated heterocycles. The van der Waals surface area contributed by atoms with Crippen LogP contribution >= 0.6 is 0 Å². The minimum Gasteiger partial charge on any atom is -0.399 e. The molecule has 0 bridgehead atoms. The van der Waals surface area contributed by atoms with Gasteiger partial charge in [0.15, 0.2) is 0 Å². The molecular weight excluding hydrogens is 170 g/mol. The molecule has 0 aliphatic rings. The molecule has 0 fully saturated rings. The highest BCUT2D eigenvalue weighted by Gasteiger charge is 2.16. The molecule has 13 heavy (non-hydrogen) atoms. The van der Waals surface area contributed by atoms with E-state index in [1.807, 2.05) is 0 Å². The second-order valence-electron chi connectivity index (χ2n) is 2.86. The van der Waals surface area contributed by atoms with Crippen LogP contribution in [0.5, 0.6) is 0 Å². The van der Waals surface area contributed by atoms with Crippen molar-refractivity contribution in [2.24, 2.45) is 0 Å². The minimum absolute atomic E-state index is 0.467. The molecule has 1 rings (SSSR count). The van der Waals surface area contributed by atoms with Gasteiger partial charge in [-0.05, 0) is 17.7 Å². The standard InChI is InChI=1S/C9H13NO3/c10-7-3-1-6(2-4-7)9(13)8(12)5-11/h1-4,8-9,11-13H,5,10H2/t8-,9-/m0/s1. The Hall–Kier alpha value is -1.10. The van der Waals surface area contributed by atoms with Crippen LogP contribution in [0.15, 0.2) is 24.3 Å². The molecule has 0 spiro atoms. The van der Waals surface area contributed by atoms with Crippen LogP contribution < -0.4 is 5.73 Å². The van der Waals surface area contributed by atoms with Gasteiger partial charge in [0.2, 0.25) is 0 Å². The predicted octanol–water partition coefficient (Wildman–Crippen LogP) is -0.345. The third-order valence-corrected chi connectivity index (χ3v) is 1.83. The summed E-state index contributed by atoms with van der Waals surface area (Å²) in [5.41, 5.74) is 6.57. The Morgan fingerprint density at radius 1 is 1.15 bits per heavy atom. The molecule has 0 aromatic heterocycles. The van der Waals surface area contributed by atoms with E-state index in [0.29, 0.717) is 11.3 Å². The van der Waals surface area contributed by atoms with Crippen molar-refractivity contribution in [2.75, 3.05) is 12.3 Å². The van der Waals surface area contributed by atoms with Gasteiger partial charge in [-0.3, -0.25) is 0 Å². The van der Waals surface area contributed by atoms with Gasteiger partial charge in [-0.1, -0.05) is 12.1 Å². The van der Waals surface area contributed by atoms with E-state index in [-0.39, 0.29) is 0 Å². The quantitative estimate of drug-likeness (QED) is 0.483. The van der Waals surface area contributed by atoms with Crippen molar-refractivity contribution < 1.29 is 15.3 Å². The Labute approximate surface area is 76.2 Å². The molecule has 4 nitrogen and oxygen atoms in total. The van der Waals surface area contributed by atoms with Crippen LogP contribution in [0.2, 0.25) is 0 Å². The van der Waals surface area contributed by atoms with Crippen LogP contribution in [-0.2, 0) is 0 Å². The van der Waals surface area contributed by atoms with Crippen molar-refractivity contribution in [3.8, 4) is 0 Å². The highest BCUT2D eigenvalue weighted by Crippen LogP contribution is 2.17. The number of aliphatic hydroxyl groups is 3. The van der Waals surface area contributed by atoms with Crippen LogP contribution in [0.25, 0.3) is 0 Å². The zero-order valence-electron chi connectivity index (χ0n) is 7.09. The SMILES string of the molecule is Nc1ccc([C@H](O)[C@@H](O)CO)cc1. The van der Waals surface area contributed by atoms with Gasteiger partial charge < -0.3 is 21.1 Å². The molecule has 0 amide bonds. The first-order valence-corrected chi connectivity index (χ1v) is 3.97. The maximum atomic E-state index is 9.43. The molecule has 0 unspecified atom stereocenters. The molecule has 0 saturated carbocycles. The fourth-order valence-electron chi connectivity index (χ4n) is 1.02. The highest BCUT2D eigenvalue weighted by atomic mass is 16.4. The minimum atomic E-state index is -1.15. The average Bonchev–Trinajstić information content (AvgIpc) is 2.17. The molecule has 1 aromatic carbocycles. The molecule has 0 aliphatic carbocycles. The Morgan fingerprint density at radius 3 is 2.15 bits per heavy atom. The van der Waals surface area contributed by atoms with E-state index in [4.69, 9.17) is 15.9 Å². The van der Waals surface area contributed by atoms with Gasteiger partial charge >= 0.3 is 0 Å². The summed E-state index contributed by atoms with van der Waals surface area (Å²) in [6.07, 6.45) is -2.21. The van der Waals surface area contributed by atoms with Gasteiger partial charge in [-0.2, -0.15) is 0 Å². The fourth-order valence-corrected chi connectivity index (χ4v) is 1.02. The lowest BCUT2D eigenvalue weighted by Gasteiger charge is -2.15. The number of nitrogen functional groups attached to an aromatic ring is 1. The van der Waals surface area contributed by atoms with Crippen molar-refractivity contribution in [2.45, 2.75) is 12.2 Å². The fraction of sp³-hybridized carbons (Fsp3) is 0.333. The van der Waals surface area contributed by atoms with Crippen molar-refractivity contribution >= 4 is 5.69 Å². The van der Waals surface area contributed by atoms with Gasteiger partial charge in [-0.25, -0.2) is 0 Å². The molecule has 72 valence electrons. The third-order valence-electron chi connectivity index (χ3n) is 1.83. The van der Waals surface area contributed by atoms with Crippen LogP contribution in [-0.4, -0.2) is 28.0 Å². The molecule has 2 atom stereocenters. The summed E-state index contributed by atoms with van der Waals surface area (Å²) in [6, 6.07) is 6.48. The van der Waals surface area contributed by atoms with Crippen LogP contribution in [0.3, 0.4) is 0 Å². The predicted molar refractivity (Wildman–Crippen MR) is 48.9 cm³/mol. The number of nitrogens with two attached hydrogens (primary N) is 1. The maximum absolute atomic E-state index is 9.43. The summed E-state index contributed by atoms with van der Waals surface area (Å²) in [4.78, 5) is 0. The van der Waals surface area contributed by atoms with Gasteiger partial charge in [0, 0.05) is 5.69 Å². The van der Waals surface area contributed by atoms with Crippen molar-refractivity contribution in [3.05, 3.63) is 29.8 Å². The monoisotopic (exact) mass is 183 g/mol. The van der Waals surface area contributed by atoms with E-state index in [1.165, 1.54) is 0 Å². The van der Waals surface area contributed by atoms with E-state index in [9.17, 15) is 5.11 Å². The van der Waals surface area contributed by atoms with E-state index >= 15 is 0 Å². The largest absolute Gasteiger partial charge is 0.399 e. The molecular formula is C9H13NO3. The molecule has 0 heterocycles. The van der Waals surface area contributed by atoms with E-state index in [1.54, 1.807) is 24.3 Å². The lowest BCUT2D eigenvalue weighted by Crippen LogP contribution is -2.21.